The highest BCUT2D eigenvalue weighted by Gasteiger charge is 2.33. The summed E-state index contributed by atoms with van der Waals surface area (Å²) in [6.45, 7) is 0.690. The summed E-state index contributed by atoms with van der Waals surface area (Å²) in [6.07, 6.45) is 1.15. The summed E-state index contributed by atoms with van der Waals surface area (Å²) in [5.41, 5.74) is 0.949. The second-order valence-electron chi connectivity index (χ2n) is 5.40. The van der Waals surface area contributed by atoms with Gasteiger partial charge in [0.2, 0.25) is 5.91 Å². The molecule has 1 unspecified atom stereocenters. The summed E-state index contributed by atoms with van der Waals surface area (Å²) in [7, 11) is 1.76. The first kappa shape index (κ1) is 15.1. The molecule has 1 aliphatic rings. The van der Waals surface area contributed by atoms with E-state index in [1.54, 1.807) is 24.0 Å². The first-order valence-corrected chi connectivity index (χ1v) is 7.40. The van der Waals surface area contributed by atoms with Crippen LogP contribution < -0.4 is 10.2 Å². The van der Waals surface area contributed by atoms with Crippen LogP contribution in [-0.2, 0) is 23.0 Å². The van der Waals surface area contributed by atoms with Crippen molar-refractivity contribution in [2.24, 2.45) is 7.05 Å². The lowest BCUT2D eigenvalue weighted by molar-refractivity contribution is -0.120. The van der Waals surface area contributed by atoms with Crippen molar-refractivity contribution in [2.45, 2.75) is 12.5 Å². The number of ether oxygens (including phenoxy) is 1. The van der Waals surface area contributed by atoms with E-state index in [4.69, 9.17) is 4.74 Å². The Balaban J connectivity index is 1.51. The quantitative estimate of drug-likeness (QED) is 0.897. The van der Waals surface area contributed by atoms with E-state index in [2.05, 4.69) is 10.4 Å². The molecule has 23 heavy (non-hydrogen) atoms. The molecule has 1 atom stereocenters. The van der Waals surface area contributed by atoms with Crippen LogP contribution >= 0.6 is 0 Å². The van der Waals surface area contributed by atoms with E-state index in [9.17, 15) is 9.59 Å². The molecule has 0 aliphatic carbocycles. The van der Waals surface area contributed by atoms with E-state index in [1.807, 2.05) is 30.3 Å². The van der Waals surface area contributed by atoms with Gasteiger partial charge < -0.3 is 10.1 Å². The van der Waals surface area contributed by atoms with Crippen molar-refractivity contribution in [3.8, 4) is 0 Å². The van der Waals surface area contributed by atoms with Gasteiger partial charge in [-0.1, -0.05) is 30.3 Å². The SMILES string of the molecule is Cn1nccc1N1CC(CNC(=O)Cc2ccccc2)OC1=O. The number of amides is 2. The van der Waals surface area contributed by atoms with Gasteiger partial charge in [-0.15, -0.1) is 0 Å². The number of carbonyl (C=O) groups excluding carboxylic acids is 2. The van der Waals surface area contributed by atoms with Crippen LogP contribution in [0.4, 0.5) is 10.6 Å². The third kappa shape index (κ3) is 3.50. The summed E-state index contributed by atoms with van der Waals surface area (Å²) in [5.74, 6) is 0.583. The number of benzene rings is 1. The summed E-state index contributed by atoms with van der Waals surface area (Å²) in [6, 6.07) is 11.3. The fraction of sp³-hybridized carbons (Fsp3) is 0.312. The number of carbonyl (C=O) groups is 2. The van der Waals surface area contributed by atoms with Gasteiger partial charge in [0.15, 0.2) is 0 Å². The van der Waals surface area contributed by atoms with Crippen LogP contribution in [0.1, 0.15) is 5.56 Å². The number of nitrogens with zero attached hydrogens (tertiary/aromatic N) is 3. The smallest absolute Gasteiger partial charge is 0.416 e. The van der Waals surface area contributed by atoms with E-state index in [-0.39, 0.29) is 12.0 Å². The number of anilines is 1. The molecule has 3 rings (SSSR count). The zero-order chi connectivity index (χ0) is 16.2. The number of aryl methyl sites for hydroxylation is 1. The number of hydrogen-bond donors (Lipinski definition) is 1. The lowest BCUT2D eigenvalue weighted by Gasteiger charge is -2.12. The average Bonchev–Trinajstić information content (AvgIpc) is 3.11. The second kappa shape index (κ2) is 6.51. The lowest BCUT2D eigenvalue weighted by Crippen LogP contribution is -2.35. The van der Waals surface area contributed by atoms with Crippen LogP contribution in [0.25, 0.3) is 0 Å². The van der Waals surface area contributed by atoms with Crippen LogP contribution in [0.3, 0.4) is 0 Å². The normalized spacial score (nSPS) is 17.2. The largest absolute Gasteiger partial charge is 0.442 e. The van der Waals surface area contributed by atoms with Crippen molar-refractivity contribution in [3.05, 3.63) is 48.2 Å². The number of hydrogen-bond acceptors (Lipinski definition) is 4. The Kier molecular flexibility index (Phi) is 4.27. The third-order valence-corrected chi connectivity index (χ3v) is 3.68. The molecule has 0 radical (unpaired) electrons. The standard InChI is InChI=1S/C16H18N4O3/c1-19-15(7-8-18-19)20-11-13(23-16(20)22)10-17-14(21)9-12-5-3-2-4-6-12/h2-8,13H,9-11H2,1H3,(H,17,21). The number of rotatable bonds is 5. The minimum Gasteiger partial charge on any atom is -0.442 e. The first-order valence-electron chi connectivity index (χ1n) is 7.40. The van der Waals surface area contributed by atoms with Gasteiger partial charge in [-0.25, -0.2) is 4.79 Å². The summed E-state index contributed by atoms with van der Waals surface area (Å²) in [5, 5.41) is 6.85. The molecule has 2 heterocycles. The molecule has 7 heteroatoms. The Morgan fingerprint density at radius 3 is 2.83 bits per heavy atom. The van der Waals surface area contributed by atoms with Gasteiger partial charge in [0.1, 0.15) is 11.9 Å². The summed E-state index contributed by atoms with van der Waals surface area (Å²) in [4.78, 5) is 25.4. The van der Waals surface area contributed by atoms with Crippen molar-refractivity contribution in [3.63, 3.8) is 0 Å². The summed E-state index contributed by atoms with van der Waals surface area (Å²) >= 11 is 0. The highest BCUT2D eigenvalue weighted by Crippen LogP contribution is 2.20. The fourth-order valence-corrected chi connectivity index (χ4v) is 2.52. The third-order valence-electron chi connectivity index (χ3n) is 3.68. The number of cyclic esters (lactones) is 1. The first-order chi connectivity index (χ1) is 11.1. The van der Waals surface area contributed by atoms with Crippen molar-refractivity contribution in [2.75, 3.05) is 18.0 Å². The minimum atomic E-state index is -0.420. The maximum Gasteiger partial charge on any atom is 0.416 e. The molecule has 1 aliphatic heterocycles. The predicted molar refractivity (Wildman–Crippen MR) is 84.0 cm³/mol. The monoisotopic (exact) mass is 314 g/mol. The fourth-order valence-electron chi connectivity index (χ4n) is 2.52. The summed E-state index contributed by atoms with van der Waals surface area (Å²) < 4.78 is 6.89. The molecule has 1 aromatic carbocycles. The number of aromatic nitrogens is 2. The molecule has 2 amide bonds. The Hall–Kier alpha value is -2.83. The van der Waals surface area contributed by atoms with Crippen molar-refractivity contribution >= 4 is 17.8 Å². The van der Waals surface area contributed by atoms with E-state index in [0.717, 1.165) is 5.56 Å². The van der Waals surface area contributed by atoms with Gasteiger partial charge >= 0.3 is 6.09 Å². The Morgan fingerprint density at radius 1 is 1.35 bits per heavy atom. The Labute approximate surface area is 133 Å². The topological polar surface area (TPSA) is 76.5 Å². The van der Waals surface area contributed by atoms with Gasteiger partial charge in [-0.2, -0.15) is 5.10 Å². The molecule has 7 nitrogen and oxygen atoms in total. The predicted octanol–water partition coefficient (Wildman–Crippen LogP) is 1.10. The molecule has 1 fully saturated rings. The molecule has 120 valence electrons. The molecule has 0 saturated carbocycles. The van der Waals surface area contributed by atoms with Gasteiger partial charge in [0.25, 0.3) is 0 Å². The molecule has 0 bridgehead atoms. The van der Waals surface area contributed by atoms with Gasteiger partial charge in [0, 0.05) is 13.1 Å². The zero-order valence-corrected chi connectivity index (χ0v) is 12.8. The molecular weight excluding hydrogens is 296 g/mol. The molecular formula is C16H18N4O3. The zero-order valence-electron chi connectivity index (χ0n) is 12.8. The van der Waals surface area contributed by atoms with Crippen molar-refractivity contribution in [1.82, 2.24) is 15.1 Å². The van der Waals surface area contributed by atoms with Crippen LogP contribution in [0, 0.1) is 0 Å². The van der Waals surface area contributed by atoms with Gasteiger partial charge in [0.05, 0.1) is 25.7 Å². The van der Waals surface area contributed by atoms with E-state index in [0.29, 0.717) is 25.3 Å². The Morgan fingerprint density at radius 2 is 2.13 bits per heavy atom. The van der Waals surface area contributed by atoms with E-state index in [1.165, 1.54) is 4.90 Å². The van der Waals surface area contributed by atoms with Crippen LogP contribution in [0.15, 0.2) is 42.6 Å². The maximum absolute atomic E-state index is 11.9. The molecule has 1 aromatic heterocycles. The second-order valence-corrected chi connectivity index (χ2v) is 5.40. The molecule has 1 saturated heterocycles. The molecule has 2 aromatic rings. The Bertz CT molecular complexity index is 698. The molecule has 0 spiro atoms. The number of nitrogens with one attached hydrogen (secondary N) is 1. The van der Waals surface area contributed by atoms with Crippen molar-refractivity contribution in [1.29, 1.82) is 0 Å². The van der Waals surface area contributed by atoms with Crippen LogP contribution in [-0.4, -0.2) is 41.0 Å². The van der Waals surface area contributed by atoms with E-state index >= 15 is 0 Å². The highest BCUT2D eigenvalue weighted by atomic mass is 16.6. The molecule has 1 N–H and O–H groups in total. The average molecular weight is 314 g/mol. The van der Waals surface area contributed by atoms with Gasteiger partial charge in [-0.3, -0.25) is 14.4 Å². The van der Waals surface area contributed by atoms with E-state index < -0.39 is 6.09 Å². The van der Waals surface area contributed by atoms with Crippen molar-refractivity contribution < 1.29 is 14.3 Å². The minimum absolute atomic E-state index is 0.0915. The maximum atomic E-state index is 11.9. The highest BCUT2D eigenvalue weighted by molar-refractivity contribution is 5.88. The van der Waals surface area contributed by atoms with Crippen LogP contribution in [0.5, 0.6) is 0 Å². The lowest BCUT2D eigenvalue weighted by atomic mass is 10.1. The van der Waals surface area contributed by atoms with Crippen LogP contribution in [0.2, 0.25) is 0 Å². The van der Waals surface area contributed by atoms with Gasteiger partial charge in [-0.05, 0) is 5.56 Å².